The summed E-state index contributed by atoms with van der Waals surface area (Å²) in [6.45, 7) is 5.32. The minimum absolute atomic E-state index is 0.355. The van der Waals surface area contributed by atoms with Gasteiger partial charge in [-0.25, -0.2) is 0 Å². The minimum atomic E-state index is -4.43. The van der Waals surface area contributed by atoms with Crippen LogP contribution in [0.2, 0.25) is 0 Å². The highest BCUT2D eigenvalue weighted by atomic mass is 19.4. The number of hydrogen-bond acceptors (Lipinski definition) is 3. The fourth-order valence-corrected chi connectivity index (χ4v) is 2.69. The first-order chi connectivity index (χ1) is 11.3. The Kier molecular flexibility index (Phi) is 6.48. The molecule has 1 amide bonds. The second kappa shape index (κ2) is 8.37. The minimum Gasteiger partial charge on any atom is -0.493 e. The Labute approximate surface area is 140 Å². The van der Waals surface area contributed by atoms with Crippen LogP contribution in [0.15, 0.2) is 24.3 Å². The smallest absolute Gasteiger partial charge is 0.397 e. The van der Waals surface area contributed by atoms with Crippen LogP contribution in [0.3, 0.4) is 0 Å². The molecule has 1 aromatic carbocycles. The van der Waals surface area contributed by atoms with Gasteiger partial charge in [0.25, 0.3) is 0 Å². The number of amides is 1. The lowest BCUT2D eigenvalue weighted by Crippen LogP contribution is -2.49. The number of piperazine rings is 1. The van der Waals surface area contributed by atoms with Gasteiger partial charge in [-0.15, -0.1) is 0 Å². The van der Waals surface area contributed by atoms with E-state index in [4.69, 9.17) is 4.74 Å². The molecule has 0 bridgehead atoms. The van der Waals surface area contributed by atoms with E-state index in [1.165, 1.54) is 4.90 Å². The van der Waals surface area contributed by atoms with E-state index in [9.17, 15) is 18.0 Å². The molecule has 1 aliphatic heterocycles. The van der Waals surface area contributed by atoms with Gasteiger partial charge < -0.3 is 9.64 Å². The van der Waals surface area contributed by atoms with Gasteiger partial charge in [-0.2, -0.15) is 13.2 Å². The lowest BCUT2D eigenvalue weighted by molar-refractivity contribution is -0.162. The van der Waals surface area contributed by atoms with Crippen LogP contribution in [0.4, 0.5) is 13.2 Å². The summed E-state index contributed by atoms with van der Waals surface area (Å²) in [5.74, 6) is 0.0464. The maximum absolute atomic E-state index is 12.2. The Bertz CT molecular complexity index is 541. The third-order valence-electron chi connectivity index (χ3n) is 4.05. The van der Waals surface area contributed by atoms with Gasteiger partial charge in [-0.1, -0.05) is 18.2 Å². The maximum Gasteiger partial charge on any atom is 0.397 e. The highest BCUT2D eigenvalue weighted by Gasteiger charge is 2.34. The molecule has 1 saturated heterocycles. The number of carbonyl (C=O) groups is 1. The van der Waals surface area contributed by atoms with Crippen molar-refractivity contribution in [2.24, 2.45) is 0 Å². The number of nitrogens with zero attached hydrogens (tertiary/aromatic N) is 2. The van der Waals surface area contributed by atoms with E-state index in [2.05, 4.69) is 4.90 Å². The van der Waals surface area contributed by atoms with E-state index in [0.717, 1.165) is 24.3 Å². The van der Waals surface area contributed by atoms with Crippen molar-refractivity contribution in [3.05, 3.63) is 29.8 Å². The Hall–Kier alpha value is -1.76. The Morgan fingerprint density at radius 2 is 1.83 bits per heavy atom. The molecule has 1 aromatic rings. The quantitative estimate of drug-likeness (QED) is 0.744. The zero-order valence-corrected chi connectivity index (χ0v) is 13.8. The Morgan fingerprint density at radius 1 is 1.17 bits per heavy atom. The molecule has 0 N–H and O–H groups in total. The number of rotatable bonds is 6. The third kappa shape index (κ3) is 6.03. The molecular formula is C17H23F3N2O2. The van der Waals surface area contributed by atoms with Crippen LogP contribution in [-0.2, 0) is 4.79 Å². The van der Waals surface area contributed by atoms with Crippen LogP contribution in [0, 0.1) is 6.92 Å². The topological polar surface area (TPSA) is 32.8 Å². The molecule has 0 radical (unpaired) electrons. The van der Waals surface area contributed by atoms with Crippen LogP contribution in [0.25, 0.3) is 0 Å². The molecule has 0 aromatic heterocycles. The summed E-state index contributed by atoms with van der Waals surface area (Å²) in [4.78, 5) is 15.0. The van der Waals surface area contributed by atoms with Crippen molar-refractivity contribution in [2.45, 2.75) is 25.9 Å². The summed E-state index contributed by atoms with van der Waals surface area (Å²) in [5.41, 5.74) is 1.09. The van der Waals surface area contributed by atoms with Crippen LogP contribution < -0.4 is 4.74 Å². The van der Waals surface area contributed by atoms with Gasteiger partial charge in [0.2, 0.25) is 5.91 Å². The van der Waals surface area contributed by atoms with Gasteiger partial charge in [-0.05, 0) is 25.0 Å². The van der Waals surface area contributed by atoms with E-state index in [1.807, 2.05) is 31.2 Å². The van der Waals surface area contributed by atoms with Crippen molar-refractivity contribution in [3.8, 4) is 5.75 Å². The van der Waals surface area contributed by atoms with Gasteiger partial charge in [-0.3, -0.25) is 9.69 Å². The second-order valence-electron chi connectivity index (χ2n) is 5.98. The maximum atomic E-state index is 12.2. The number of para-hydroxylation sites is 1. The average molecular weight is 344 g/mol. The van der Waals surface area contributed by atoms with E-state index in [0.29, 0.717) is 32.8 Å². The van der Waals surface area contributed by atoms with E-state index >= 15 is 0 Å². The zero-order valence-electron chi connectivity index (χ0n) is 13.8. The number of carbonyl (C=O) groups excluding carboxylic acids is 1. The van der Waals surface area contributed by atoms with Crippen LogP contribution >= 0.6 is 0 Å². The molecule has 0 aliphatic carbocycles. The molecule has 0 unspecified atom stereocenters. The summed E-state index contributed by atoms with van der Waals surface area (Å²) < 4.78 is 42.4. The van der Waals surface area contributed by atoms with Gasteiger partial charge in [0.05, 0.1) is 6.61 Å². The van der Waals surface area contributed by atoms with Crippen LogP contribution in [0.1, 0.15) is 18.4 Å². The fraction of sp³-hybridized carbons (Fsp3) is 0.588. The van der Waals surface area contributed by atoms with Crippen molar-refractivity contribution in [1.29, 1.82) is 0 Å². The third-order valence-corrected chi connectivity index (χ3v) is 4.05. The summed E-state index contributed by atoms with van der Waals surface area (Å²) in [5, 5.41) is 0. The zero-order chi connectivity index (χ0) is 17.6. The fourth-order valence-electron chi connectivity index (χ4n) is 2.69. The first-order valence-electron chi connectivity index (χ1n) is 8.10. The summed E-state index contributed by atoms with van der Waals surface area (Å²) >= 11 is 0. The molecule has 0 saturated carbocycles. The van der Waals surface area contributed by atoms with Gasteiger partial charge >= 0.3 is 6.18 Å². The average Bonchev–Trinajstić information content (AvgIpc) is 2.52. The largest absolute Gasteiger partial charge is 0.493 e. The molecule has 1 fully saturated rings. The van der Waals surface area contributed by atoms with Crippen molar-refractivity contribution >= 4 is 5.91 Å². The highest BCUT2D eigenvalue weighted by Crippen LogP contribution is 2.21. The predicted octanol–water partition coefficient (Wildman–Crippen LogP) is 2.86. The van der Waals surface area contributed by atoms with Crippen molar-refractivity contribution in [2.75, 3.05) is 39.3 Å². The summed E-state index contributed by atoms with van der Waals surface area (Å²) in [7, 11) is 0. The molecule has 0 atom stereocenters. The lowest BCUT2D eigenvalue weighted by atomic mass is 10.2. The van der Waals surface area contributed by atoms with Gasteiger partial charge in [0.1, 0.15) is 12.2 Å². The molecule has 2 rings (SSSR count). The monoisotopic (exact) mass is 344 g/mol. The Morgan fingerprint density at radius 3 is 2.46 bits per heavy atom. The highest BCUT2D eigenvalue weighted by molar-refractivity contribution is 5.76. The number of aryl methyl sites for hydroxylation is 1. The molecule has 1 aliphatic rings. The summed E-state index contributed by atoms with van der Waals surface area (Å²) in [6.07, 6.45) is -4.96. The molecule has 24 heavy (non-hydrogen) atoms. The molecule has 4 nitrogen and oxygen atoms in total. The molecule has 7 heteroatoms. The Balaban J connectivity index is 1.63. The number of halogens is 3. The van der Waals surface area contributed by atoms with E-state index in [1.54, 1.807) is 0 Å². The second-order valence-corrected chi connectivity index (χ2v) is 5.98. The molecule has 0 spiro atoms. The van der Waals surface area contributed by atoms with Gasteiger partial charge in [0.15, 0.2) is 0 Å². The molecule has 1 heterocycles. The molecule has 134 valence electrons. The first kappa shape index (κ1) is 18.6. The standard InChI is InChI=1S/C17H23F3N2O2/c1-14-5-2-3-6-15(14)24-12-4-7-21-8-10-22(11-9-21)16(23)13-17(18,19)20/h2-3,5-6H,4,7-13H2,1H3. The number of benzene rings is 1. The van der Waals surface area contributed by atoms with Crippen LogP contribution in [0.5, 0.6) is 5.75 Å². The predicted molar refractivity (Wildman–Crippen MR) is 85.0 cm³/mol. The van der Waals surface area contributed by atoms with Crippen LogP contribution in [-0.4, -0.2) is 61.2 Å². The normalized spacial score (nSPS) is 16.2. The number of ether oxygens (including phenoxy) is 1. The van der Waals surface area contributed by atoms with Crippen molar-refractivity contribution in [1.82, 2.24) is 9.80 Å². The first-order valence-corrected chi connectivity index (χ1v) is 8.10. The SMILES string of the molecule is Cc1ccccc1OCCCN1CCN(C(=O)CC(F)(F)F)CC1. The molecular weight excluding hydrogens is 321 g/mol. The lowest BCUT2D eigenvalue weighted by Gasteiger charge is -2.34. The van der Waals surface area contributed by atoms with Crippen molar-refractivity contribution < 1.29 is 22.7 Å². The van der Waals surface area contributed by atoms with Gasteiger partial charge in [0, 0.05) is 32.7 Å². The number of hydrogen-bond donors (Lipinski definition) is 0. The number of alkyl halides is 3. The van der Waals surface area contributed by atoms with E-state index < -0.39 is 18.5 Å². The summed E-state index contributed by atoms with van der Waals surface area (Å²) in [6, 6.07) is 7.81. The van der Waals surface area contributed by atoms with Crippen molar-refractivity contribution in [3.63, 3.8) is 0 Å². The van der Waals surface area contributed by atoms with E-state index in [-0.39, 0.29) is 0 Å².